The van der Waals surface area contributed by atoms with E-state index in [0.717, 1.165) is 30.7 Å². The largest absolute Gasteiger partial charge is 0.330 e. The predicted molar refractivity (Wildman–Crippen MR) is 78.5 cm³/mol. The molecule has 2 rings (SSSR count). The molecule has 0 aromatic carbocycles. The molecule has 1 aromatic rings. The molecule has 0 bridgehead atoms. The molecule has 0 aliphatic carbocycles. The van der Waals surface area contributed by atoms with Crippen LogP contribution in [0.4, 0.5) is 5.82 Å². The summed E-state index contributed by atoms with van der Waals surface area (Å²) in [6.07, 6.45) is 2.34. The average molecular weight is 275 g/mol. The van der Waals surface area contributed by atoms with Crippen molar-refractivity contribution in [1.29, 1.82) is 0 Å². The number of amides is 1. The summed E-state index contributed by atoms with van der Waals surface area (Å²) in [6.45, 7) is 6.30. The van der Waals surface area contributed by atoms with E-state index in [0.29, 0.717) is 18.2 Å². The van der Waals surface area contributed by atoms with Gasteiger partial charge >= 0.3 is 0 Å². The highest BCUT2D eigenvalue weighted by Crippen LogP contribution is 2.26. The van der Waals surface area contributed by atoms with Crippen LogP contribution in [0.25, 0.3) is 0 Å². The molecular formula is C14H21N5O. The minimum Gasteiger partial charge on any atom is -0.330 e. The Kier molecular flexibility index (Phi) is 4.44. The van der Waals surface area contributed by atoms with Crippen molar-refractivity contribution < 1.29 is 4.79 Å². The highest BCUT2D eigenvalue weighted by atomic mass is 16.2. The average Bonchev–Trinajstić information content (AvgIpc) is 2.72. The first-order valence-corrected chi connectivity index (χ1v) is 7.00. The lowest BCUT2D eigenvalue weighted by atomic mass is 9.96. The van der Waals surface area contributed by atoms with Crippen molar-refractivity contribution in [3.63, 3.8) is 0 Å². The summed E-state index contributed by atoms with van der Waals surface area (Å²) < 4.78 is 0. The van der Waals surface area contributed by atoms with Crippen molar-refractivity contribution in [3.8, 4) is 0 Å². The lowest BCUT2D eigenvalue weighted by Crippen LogP contribution is -2.28. The lowest BCUT2D eigenvalue weighted by molar-refractivity contribution is -0.120. The molecule has 1 aliphatic rings. The van der Waals surface area contributed by atoms with Gasteiger partial charge in [-0.2, -0.15) is 10.1 Å². The van der Waals surface area contributed by atoms with Gasteiger partial charge in [0.05, 0.1) is 11.6 Å². The molecule has 1 atom stereocenters. The van der Waals surface area contributed by atoms with Crippen molar-refractivity contribution in [1.82, 2.24) is 9.97 Å². The fourth-order valence-electron chi connectivity index (χ4n) is 2.44. The van der Waals surface area contributed by atoms with Crippen LogP contribution in [0, 0.1) is 19.8 Å². The third-order valence-corrected chi connectivity index (χ3v) is 3.37. The number of hydrazone groups is 1. The Morgan fingerprint density at radius 3 is 2.70 bits per heavy atom. The first-order chi connectivity index (χ1) is 9.56. The maximum absolute atomic E-state index is 12.5. The van der Waals surface area contributed by atoms with Gasteiger partial charge in [0.1, 0.15) is 5.82 Å². The fourth-order valence-corrected chi connectivity index (χ4v) is 2.44. The maximum Gasteiger partial charge on any atom is 0.257 e. The second-order valence-electron chi connectivity index (χ2n) is 4.99. The minimum atomic E-state index is -0.154. The van der Waals surface area contributed by atoms with E-state index in [1.54, 1.807) is 6.07 Å². The Hall–Kier alpha value is -1.82. The molecule has 0 saturated heterocycles. The van der Waals surface area contributed by atoms with Crippen LogP contribution in [0.2, 0.25) is 0 Å². The summed E-state index contributed by atoms with van der Waals surface area (Å²) in [7, 11) is 0. The molecule has 0 saturated carbocycles. The quantitative estimate of drug-likeness (QED) is 0.883. The van der Waals surface area contributed by atoms with Gasteiger partial charge in [0.2, 0.25) is 0 Å². The third-order valence-electron chi connectivity index (χ3n) is 3.37. The van der Waals surface area contributed by atoms with E-state index in [1.165, 1.54) is 5.01 Å². The van der Waals surface area contributed by atoms with E-state index in [1.807, 2.05) is 20.8 Å². The molecule has 108 valence electrons. The van der Waals surface area contributed by atoms with Crippen molar-refractivity contribution in [2.75, 3.05) is 11.6 Å². The van der Waals surface area contributed by atoms with E-state index >= 15 is 0 Å². The third kappa shape index (κ3) is 2.85. The second kappa shape index (κ2) is 6.09. The fraction of sp³-hybridized carbons (Fsp3) is 0.571. The standard InChI is InChI=1S/C14H21N5O/c1-4-12-11(6-5-7-15)14(20)19(18-12)13-8-9(2)16-10(3)17-13/h8,11H,4-7,15H2,1-3H3. The molecule has 0 spiro atoms. The molecule has 1 unspecified atom stereocenters. The van der Waals surface area contributed by atoms with E-state index in [4.69, 9.17) is 5.73 Å². The van der Waals surface area contributed by atoms with Gasteiger partial charge in [-0.3, -0.25) is 4.79 Å². The van der Waals surface area contributed by atoms with Crippen LogP contribution in [0.5, 0.6) is 0 Å². The monoisotopic (exact) mass is 275 g/mol. The van der Waals surface area contributed by atoms with Crippen molar-refractivity contribution >= 4 is 17.4 Å². The second-order valence-corrected chi connectivity index (χ2v) is 4.99. The van der Waals surface area contributed by atoms with Gasteiger partial charge < -0.3 is 5.73 Å². The van der Waals surface area contributed by atoms with Crippen LogP contribution >= 0.6 is 0 Å². The lowest BCUT2D eigenvalue weighted by Gasteiger charge is -2.14. The zero-order valence-electron chi connectivity index (χ0n) is 12.3. The number of rotatable bonds is 5. The number of carbonyl (C=O) groups is 1. The molecule has 0 radical (unpaired) electrons. The summed E-state index contributed by atoms with van der Waals surface area (Å²) in [4.78, 5) is 21.1. The summed E-state index contributed by atoms with van der Waals surface area (Å²) in [6, 6.07) is 1.78. The molecule has 1 aromatic heterocycles. The number of aromatic nitrogens is 2. The molecule has 2 N–H and O–H groups in total. The normalized spacial score (nSPS) is 18.6. The van der Waals surface area contributed by atoms with E-state index < -0.39 is 0 Å². The molecule has 2 heterocycles. The van der Waals surface area contributed by atoms with Gasteiger partial charge in [-0.25, -0.2) is 9.97 Å². The number of anilines is 1. The van der Waals surface area contributed by atoms with Gasteiger partial charge in [0.25, 0.3) is 5.91 Å². The minimum absolute atomic E-state index is 0.00667. The Morgan fingerprint density at radius 2 is 2.10 bits per heavy atom. The van der Waals surface area contributed by atoms with Crippen molar-refractivity contribution in [2.24, 2.45) is 16.8 Å². The molecule has 20 heavy (non-hydrogen) atoms. The van der Waals surface area contributed by atoms with Crippen molar-refractivity contribution in [2.45, 2.75) is 40.0 Å². The summed E-state index contributed by atoms with van der Waals surface area (Å²) >= 11 is 0. The topological polar surface area (TPSA) is 84.5 Å². The van der Waals surface area contributed by atoms with Crippen LogP contribution in [0.3, 0.4) is 0 Å². The van der Waals surface area contributed by atoms with Gasteiger partial charge in [0, 0.05) is 11.8 Å². The number of hydrogen-bond donors (Lipinski definition) is 1. The van der Waals surface area contributed by atoms with E-state index in [-0.39, 0.29) is 11.8 Å². The van der Waals surface area contributed by atoms with Gasteiger partial charge in [-0.15, -0.1) is 0 Å². The highest BCUT2D eigenvalue weighted by Gasteiger charge is 2.35. The van der Waals surface area contributed by atoms with Gasteiger partial charge in [-0.05, 0) is 39.7 Å². The predicted octanol–water partition coefficient (Wildman–Crippen LogP) is 1.56. The van der Waals surface area contributed by atoms with Crippen molar-refractivity contribution in [3.05, 3.63) is 17.6 Å². The van der Waals surface area contributed by atoms with E-state index in [2.05, 4.69) is 15.1 Å². The molecule has 1 aliphatic heterocycles. The Balaban J connectivity index is 2.29. The Morgan fingerprint density at radius 1 is 1.35 bits per heavy atom. The van der Waals surface area contributed by atoms with Crippen LogP contribution in [-0.4, -0.2) is 28.1 Å². The summed E-state index contributed by atoms with van der Waals surface area (Å²) in [5.41, 5.74) is 7.29. The molecular weight excluding hydrogens is 254 g/mol. The molecule has 1 amide bonds. The van der Waals surface area contributed by atoms with Crippen LogP contribution in [0.1, 0.15) is 37.7 Å². The molecule has 6 nitrogen and oxygen atoms in total. The van der Waals surface area contributed by atoms with Crippen LogP contribution < -0.4 is 10.7 Å². The highest BCUT2D eigenvalue weighted by molar-refractivity contribution is 6.15. The number of nitrogens with zero attached hydrogens (tertiary/aromatic N) is 4. The van der Waals surface area contributed by atoms with Crippen LogP contribution in [0.15, 0.2) is 11.2 Å². The first kappa shape index (κ1) is 14.6. The molecule has 0 fully saturated rings. The number of aryl methyl sites for hydroxylation is 2. The van der Waals surface area contributed by atoms with Crippen LogP contribution in [-0.2, 0) is 4.79 Å². The van der Waals surface area contributed by atoms with Gasteiger partial charge in [-0.1, -0.05) is 6.92 Å². The van der Waals surface area contributed by atoms with Gasteiger partial charge in [0.15, 0.2) is 5.82 Å². The zero-order chi connectivity index (χ0) is 14.7. The Bertz CT molecular complexity index is 520. The number of carbonyl (C=O) groups excluding carboxylic acids is 1. The summed E-state index contributed by atoms with van der Waals surface area (Å²) in [5, 5.41) is 5.86. The Labute approximate surface area is 119 Å². The zero-order valence-corrected chi connectivity index (χ0v) is 12.3. The SMILES string of the molecule is CCC1=NN(c2cc(C)nc(C)n2)C(=O)C1CCCN. The smallest absolute Gasteiger partial charge is 0.257 e. The first-order valence-electron chi connectivity index (χ1n) is 7.00. The summed E-state index contributed by atoms with van der Waals surface area (Å²) in [5.74, 6) is 1.04. The molecule has 6 heteroatoms. The van der Waals surface area contributed by atoms with E-state index in [9.17, 15) is 4.79 Å². The number of hydrogen-bond acceptors (Lipinski definition) is 5. The number of nitrogens with two attached hydrogens (primary N) is 1. The maximum atomic E-state index is 12.5.